The van der Waals surface area contributed by atoms with E-state index in [0.717, 1.165) is 57.9 Å². The van der Waals surface area contributed by atoms with Crippen LogP contribution in [0.4, 0.5) is 0 Å². The molecular weight excluding hydrogens is 250 g/mol. The van der Waals surface area contributed by atoms with Crippen LogP contribution in [0.1, 0.15) is 37.3 Å². The van der Waals surface area contributed by atoms with E-state index in [1.54, 1.807) is 0 Å². The summed E-state index contributed by atoms with van der Waals surface area (Å²) in [6.45, 7) is 8.83. The molecular formula is C17H27NO2. The minimum atomic E-state index is 0.640. The maximum absolute atomic E-state index is 6.07. The van der Waals surface area contributed by atoms with Gasteiger partial charge in [0.2, 0.25) is 0 Å². The van der Waals surface area contributed by atoms with Gasteiger partial charge in [-0.15, -0.1) is 0 Å². The van der Waals surface area contributed by atoms with Gasteiger partial charge in [0.1, 0.15) is 5.75 Å². The molecule has 1 aromatic carbocycles. The fourth-order valence-electron chi connectivity index (χ4n) is 2.51. The smallest absolute Gasteiger partial charge is 0.123 e. The van der Waals surface area contributed by atoms with E-state index in [9.17, 15) is 0 Å². The number of rotatable bonds is 7. The van der Waals surface area contributed by atoms with Crippen molar-refractivity contribution >= 4 is 0 Å². The molecule has 1 aliphatic rings. The molecule has 2 rings (SSSR count). The summed E-state index contributed by atoms with van der Waals surface area (Å²) in [5.74, 6) is 1.67. The number of hydrogen-bond donors (Lipinski definition) is 1. The average Bonchev–Trinajstić information content (AvgIpc) is 2.48. The van der Waals surface area contributed by atoms with Gasteiger partial charge in [0, 0.05) is 25.3 Å². The normalized spacial score (nSPS) is 16.3. The second-order valence-electron chi connectivity index (χ2n) is 5.65. The monoisotopic (exact) mass is 277 g/mol. The summed E-state index contributed by atoms with van der Waals surface area (Å²) in [4.78, 5) is 0. The van der Waals surface area contributed by atoms with Gasteiger partial charge in [0.15, 0.2) is 0 Å². The molecule has 20 heavy (non-hydrogen) atoms. The lowest BCUT2D eigenvalue weighted by Gasteiger charge is -2.23. The Morgan fingerprint density at radius 2 is 2.10 bits per heavy atom. The van der Waals surface area contributed by atoms with Crippen LogP contribution in [0.5, 0.6) is 5.75 Å². The zero-order valence-electron chi connectivity index (χ0n) is 12.8. The number of hydrogen-bond acceptors (Lipinski definition) is 3. The largest absolute Gasteiger partial charge is 0.493 e. The first kappa shape index (κ1) is 15.3. The third-order valence-corrected chi connectivity index (χ3v) is 3.77. The maximum atomic E-state index is 6.07. The molecule has 1 saturated heterocycles. The van der Waals surface area contributed by atoms with E-state index < -0.39 is 0 Å². The van der Waals surface area contributed by atoms with Gasteiger partial charge in [-0.1, -0.05) is 24.6 Å². The second kappa shape index (κ2) is 8.28. The van der Waals surface area contributed by atoms with E-state index in [0.29, 0.717) is 5.92 Å². The zero-order valence-corrected chi connectivity index (χ0v) is 12.8. The first-order valence-electron chi connectivity index (χ1n) is 7.80. The predicted octanol–water partition coefficient (Wildman–Crippen LogP) is 3.30. The Balaban J connectivity index is 1.91. The van der Waals surface area contributed by atoms with E-state index in [1.807, 2.05) is 0 Å². The Kier molecular flexibility index (Phi) is 6.34. The van der Waals surface area contributed by atoms with Crippen molar-refractivity contribution in [2.75, 3.05) is 26.4 Å². The van der Waals surface area contributed by atoms with Crippen molar-refractivity contribution < 1.29 is 9.47 Å². The molecule has 0 atom stereocenters. The summed E-state index contributed by atoms with van der Waals surface area (Å²) < 4.78 is 11.5. The SMILES string of the molecule is CCCNCc1cc(C)ccc1OCC1CCOCC1. The Morgan fingerprint density at radius 1 is 1.30 bits per heavy atom. The van der Waals surface area contributed by atoms with Gasteiger partial charge in [-0.3, -0.25) is 0 Å². The molecule has 0 aromatic heterocycles. The third-order valence-electron chi connectivity index (χ3n) is 3.77. The number of benzene rings is 1. The first-order valence-corrected chi connectivity index (χ1v) is 7.80. The molecule has 0 unspecified atom stereocenters. The Morgan fingerprint density at radius 3 is 2.85 bits per heavy atom. The molecule has 0 amide bonds. The highest BCUT2D eigenvalue weighted by atomic mass is 16.5. The lowest BCUT2D eigenvalue weighted by molar-refractivity contribution is 0.0496. The fraction of sp³-hybridized carbons (Fsp3) is 0.647. The Labute approximate surface area is 122 Å². The molecule has 1 fully saturated rings. The van der Waals surface area contributed by atoms with E-state index in [2.05, 4.69) is 37.4 Å². The summed E-state index contributed by atoms with van der Waals surface area (Å²) in [7, 11) is 0. The van der Waals surface area contributed by atoms with Gasteiger partial charge in [-0.25, -0.2) is 0 Å². The molecule has 0 saturated carbocycles. The Hall–Kier alpha value is -1.06. The highest BCUT2D eigenvalue weighted by molar-refractivity contribution is 5.36. The zero-order chi connectivity index (χ0) is 14.2. The van der Waals surface area contributed by atoms with Crippen LogP contribution in [0.25, 0.3) is 0 Å². The first-order chi connectivity index (χ1) is 9.79. The van der Waals surface area contributed by atoms with E-state index >= 15 is 0 Å². The van der Waals surface area contributed by atoms with Gasteiger partial charge < -0.3 is 14.8 Å². The molecule has 3 heteroatoms. The van der Waals surface area contributed by atoms with Gasteiger partial charge in [-0.05, 0) is 44.7 Å². The van der Waals surface area contributed by atoms with Gasteiger partial charge in [0.05, 0.1) is 6.61 Å². The second-order valence-corrected chi connectivity index (χ2v) is 5.65. The van der Waals surface area contributed by atoms with Crippen molar-refractivity contribution in [1.82, 2.24) is 5.32 Å². The predicted molar refractivity (Wildman–Crippen MR) is 82.2 cm³/mol. The van der Waals surface area contributed by atoms with E-state index in [1.165, 1.54) is 11.1 Å². The molecule has 3 nitrogen and oxygen atoms in total. The standard InChI is InChI=1S/C17H27NO2/c1-3-8-18-12-16-11-14(2)4-5-17(16)20-13-15-6-9-19-10-7-15/h4-5,11,15,18H,3,6-10,12-13H2,1-2H3. The van der Waals surface area contributed by atoms with Crippen molar-refractivity contribution in [3.05, 3.63) is 29.3 Å². The molecule has 112 valence electrons. The minimum Gasteiger partial charge on any atom is -0.493 e. The van der Waals surface area contributed by atoms with Crippen LogP contribution < -0.4 is 10.1 Å². The molecule has 0 radical (unpaired) electrons. The maximum Gasteiger partial charge on any atom is 0.123 e. The van der Waals surface area contributed by atoms with Crippen molar-refractivity contribution in [1.29, 1.82) is 0 Å². The van der Waals surface area contributed by atoms with Crippen molar-refractivity contribution in [3.63, 3.8) is 0 Å². The van der Waals surface area contributed by atoms with Crippen LogP contribution in [0.15, 0.2) is 18.2 Å². The van der Waals surface area contributed by atoms with Gasteiger partial charge >= 0.3 is 0 Å². The summed E-state index contributed by atoms with van der Waals surface area (Å²) in [6.07, 6.45) is 3.40. The number of nitrogens with one attached hydrogen (secondary N) is 1. The molecule has 1 aromatic rings. The van der Waals surface area contributed by atoms with Gasteiger partial charge in [-0.2, -0.15) is 0 Å². The third kappa shape index (κ3) is 4.80. The molecule has 1 heterocycles. The topological polar surface area (TPSA) is 30.5 Å². The summed E-state index contributed by atoms with van der Waals surface area (Å²) in [6, 6.07) is 6.46. The van der Waals surface area contributed by atoms with Crippen molar-refractivity contribution in [2.24, 2.45) is 5.92 Å². The lowest BCUT2D eigenvalue weighted by Crippen LogP contribution is -2.22. The highest BCUT2D eigenvalue weighted by Gasteiger charge is 2.15. The van der Waals surface area contributed by atoms with Crippen LogP contribution in [0, 0.1) is 12.8 Å². The molecule has 1 aliphatic heterocycles. The van der Waals surface area contributed by atoms with Crippen LogP contribution >= 0.6 is 0 Å². The van der Waals surface area contributed by atoms with Crippen LogP contribution in [0.3, 0.4) is 0 Å². The molecule has 1 N–H and O–H groups in total. The quantitative estimate of drug-likeness (QED) is 0.776. The van der Waals surface area contributed by atoms with Crippen molar-refractivity contribution in [3.8, 4) is 5.75 Å². The summed E-state index contributed by atoms with van der Waals surface area (Å²) in [5, 5.41) is 3.46. The fourth-order valence-corrected chi connectivity index (χ4v) is 2.51. The number of ether oxygens (including phenoxy) is 2. The summed E-state index contributed by atoms with van der Waals surface area (Å²) in [5.41, 5.74) is 2.56. The molecule has 0 aliphatic carbocycles. The van der Waals surface area contributed by atoms with Crippen LogP contribution in [-0.4, -0.2) is 26.4 Å². The minimum absolute atomic E-state index is 0.640. The molecule has 0 bridgehead atoms. The Bertz CT molecular complexity index is 400. The molecule has 0 spiro atoms. The average molecular weight is 277 g/mol. The van der Waals surface area contributed by atoms with Crippen molar-refractivity contribution in [2.45, 2.75) is 39.7 Å². The summed E-state index contributed by atoms with van der Waals surface area (Å²) >= 11 is 0. The van der Waals surface area contributed by atoms with Crippen LogP contribution in [-0.2, 0) is 11.3 Å². The van der Waals surface area contributed by atoms with Crippen LogP contribution in [0.2, 0.25) is 0 Å². The number of aryl methyl sites for hydroxylation is 1. The lowest BCUT2D eigenvalue weighted by atomic mass is 10.0. The highest BCUT2D eigenvalue weighted by Crippen LogP contribution is 2.22. The van der Waals surface area contributed by atoms with E-state index in [4.69, 9.17) is 9.47 Å². The van der Waals surface area contributed by atoms with E-state index in [-0.39, 0.29) is 0 Å². The van der Waals surface area contributed by atoms with Gasteiger partial charge in [0.25, 0.3) is 0 Å².